The number of aryl methyl sites for hydroxylation is 2. The largest absolute Gasteiger partial charge is 0.350 e. The van der Waals surface area contributed by atoms with Crippen molar-refractivity contribution >= 4 is 23.1 Å². The van der Waals surface area contributed by atoms with Crippen LogP contribution < -0.4 is 5.32 Å². The van der Waals surface area contributed by atoms with Gasteiger partial charge in [0.15, 0.2) is 0 Å². The van der Waals surface area contributed by atoms with Crippen molar-refractivity contribution < 1.29 is 14.0 Å². The Balaban J connectivity index is 2.14. The fourth-order valence-electron chi connectivity index (χ4n) is 3.01. The van der Waals surface area contributed by atoms with Crippen LogP contribution in [-0.4, -0.2) is 22.8 Å². The van der Waals surface area contributed by atoms with E-state index >= 15 is 0 Å². The van der Waals surface area contributed by atoms with E-state index in [2.05, 4.69) is 5.32 Å². The number of hydrogen-bond donors (Lipinski definition) is 1. The summed E-state index contributed by atoms with van der Waals surface area (Å²) in [5.41, 5.74) is 3.73. The van der Waals surface area contributed by atoms with Gasteiger partial charge >= 0.3 is 0 Å². The normalized spacial score (nSPS) is 14.6. The van der Waals surface area contributed by atoms with E-state index in [4.69, 9.17) is 0 Å². The zero-order chi connectivity index (χ0) is 19.0. The molecule has 2 aromatic carbocycles. The van der Waals surface area contributed by atoms with E-state index in [0.29, 0.717) is 16.8 Å². The molecule has 0 unspecified atom stereocenters. The highest BCUT2D eigenvalue weighted by molar-refractivity contribution is 6.36. The molecule has 1 aliphatic rings. The second kappa shape index (κ2) is 6.75. The fourth-order valence-corrected chi connectivity index (χ4v) is 3.01. The molecule has 1 N–H and O–H groups in total. The van der Waals surface area contributed by atoms with Crippen LogP contribution in [0.5, 0.6) is 0 Å². The van der Waals surface area contributed by atoms with E-state index in [1.807, 2.05) is 32.0 Å². The number of imide groups is 1. The molecular formula is C21H21FN2O2. The molecule has 0 fully saturated rings. The second-order valence-electron chi connectivity index (χ2n) is 6.76. The van der Waals surface area contributed by atoms with Gasteiger partial charge in [-0.3, -0.25) is 14.5 Å². The van der Waals surface area contributed by atoms with Gasteiger partial charge in [-0.2, -0.15) is 0 Å². The molecule has 0 bridgehead atoms. The summed E-state index contributed by atoms with van der Waals surface area (Å²) in [6, 6.07) is 11.2. The molecule has 0 aliphatic carbocycles. The lowest BCUT2D eigenvalue weighted by Gasteiger charge is -2.19. The standard InChI is InChI=1S/C21H21FN2O2/c1-12(2)24-20(25)18(15-9-8-13(3)14(4)10-15)19(21(24)26)23-17-7-5-6-16(22)11-17/h5-12,23H,1-4H3. The van der Waals surface area contributed by atoms with Crippen molar-refractivity contribution in [2.24, 2.45) is 0 Å². The molecule has 1 heterocycles. The number of nitrogens with zero attached hydrogens (tertiary/aromatic N) is 1. The van der Waals surface area contributed by atoms with Gasteiger partial charge in [0, 0.05) is 11.7 Å². The maximum absolute atomic E-state index is 13.5. The van der Waals surface area contributed by atoms with E-state index in [-0.39, 0.29) is 17.6 Å². The molecule has 0 saturated heterocycles. The van der Waals surface area contributed by atoms with Gasteiger partial charge in [0.2, 0.25) is 0 Å². The van der Waals surface area contributed by atoms with Crippen molar-refractivity contribution in [1.29, 1.82) is 0 Å². The molecule has 1 aliphatic heterocycles. The zero-order valence-corrected chi connectivity index (χ0v) is 15.3. The van der Waals surface area contributed by atoms with Gasteiger partial charge in [-0.25, -0.2) is 4.39 Å². The SMILES string of the molecule is Cc1ccc(C2=C(Nc3cccc(F)c3)C(=O)N(C(C)C)C2=O)cc1C. The molecule has 0 saturated carbocycles. The number of halogens is 1. The lowest BCUT2D eigenvalue weighted by atomic mass is 9.99. The lowest BCUT2D eigenvalue weighted by Crippen LogP contribution is -2.38. The van der Waals surface area contributed by atoms with Gasteiger partial charge in [-0.05, 0) is 62.6 Å². The van der Waals surface area contributed by atoms with Gasteiger partial charge in [0.1, 0.15) is 11.5 Å². The third-order valence-corrected chi connectivity index (χ3v) is 4.52. The summed E-state index contributed by atoms with van der Waals surface area (Å²) in [6.45, 7) is 7.53. The minimum Gasteiger partial charge on any atom is -0.350 e. The second-order valence-corrected chi connectivity index (χ2v) is 6.76. The smallest absolute Gasteiger partial charge is 0.278 e. The van der Waals surface area contributed by atoms with Crippen LogP contribution in [0, 0.1) is 19.7 Å². The van der Waals surface area contributed by atoms with Crippen molar-refractivity contribution in [2.45, 2.75) is 33.7 Å². The van der Waals surface area contributed by atoms with Crippen molar-refractivity contribution in [3.05, 3.63) is 70.7 Å². The van der Waals surface area contributed by atoms with Crippen molar-refractivity contribution in [3.63, 3.8) is 0 Å². The first-order chi connectivity index (χ1) is 12.3. The van der Waals surface area contributed by atoms with Gasteiger partial charge in [-0.15, -0.1) is 0 Å². The summed E-state index contributed by atoms with van der Waals surface area (Å²) in [7, 11) is 0. The Morgan fingerprint density at radius 2 is 1.69 bits per heavy atom. The van der Waals surface area contributed by atoms with Crippen LogP contribution in [0.3, 0.4) is 0 Å². The summed E-state index contributed by atoms with van der Waals surface area (Å²) in [5.74, 6) is -1.16. The topological polar surface area (TPSA) is 49.4 Å². The van der Waals surface area contributed by atoms with Gasteiger partial charge in [0.25, 0.3) is 11.8 Å². The van der Waals surface area contributed by atoms with Crippen LogP contribution >= 0.6 is 0 Å². The molecule has 0 radical (unpaired) electrons. The van der Waals surface area contributed by atoms with Crippen LogP contribution in [0.2, 0.25) is 0 Å². The minimum atomic E-state index is -0.416. The van der Waals surface area contributed by atoms with Crippen molar-refractivity contribution in [1.82, 2.24) is 4.90 Å². The molecule has 134 valence electrons. The molecule has 26 heavy (non-hydrogen) atoms. The Kier molecular flexibility index (Phi) is 4.64. The first-order valence-corrected chi connectivity index (χ1v) is 8.52. The summed E-state index contributed by atoms with van der Waals surface area (Å²) in [6.07, 6.45) is 0. The quantitative estimate of drug-likeness (QED) is 0.845. The van der Waals surface area contributed by atoms with E-state index in [1.54, 1.807) is 26.0 Å². The number of carbonyl (C=O) groups excluding carboxylic acids is 2. The maximum atomic E-state index is 13.5. The first kappa shape index (κ1) is 17.9. The Morgan fingerprint density at radius 1 is 0.962 bits per heavy atom. The summed E-state index contributed by atoms with van der Waals surface area (Å²) < 4.78 is 13.5. The Labute approximate surface area is 152 Å². The molecule has 3 rings (SSSR count). The molecule has 2 amide bonds. The average Bonchev–Trinajstić information content (AvgIpc) is 2.81. The van der Waals surface area contributed by atoms with E-state index in [9.17, 15) is 14.0 Å². The van der Waals surface area contributed by atoms with Crippen LogP contribution in [0.15, 0.2) is 48.2 Å². The summed E-state index contributed by atoms with van der Waals surface area (Å²) in [5, 5.41) is 2.96. The van der Waals surface area contributed by atoms with Crippen LogP contribution in [0.4, 0.5) is 10.1 Å². The van der Waals surface area contributed by atoms with Gasteiger partial charge in [-0.1, -0.05) is 24.3 Å². The fraction of sp³-hybridized carbons (Fsp3) is 0.238. The van der Waals surface area contributed by atoms with Crippen LogP contribution in [0.25, 0.3) is 5.57 Å². The summed E-state index contributed by atoms with van der Waals surface area (Å²) >= 11 is 0. The number of nitrogens with one attached hydrogen (secondary N) is 1. The molecule has 2 aromatic rings. The molecule has 0 atom stereocenters. The number of carbonyl (C=O) groups is 2. The molecular weight excluding hydrogens is 331 g/mol. The predicted molar refractivity (Wildman–Crippen MR) is 99.8 cm³/mol. The van der Waals surface area contributed by atoms with Gasteiger partial charge in [0.05, 0.1) is 5.57 Å². The van der Waals surface area contributed by atoms with Crippen molar-refractivity contribution in [2.75, 3.05) is 5.32 Å². The van der Waals surface area contributed by atoms with E-state index in [1.165, 1.54) is 17.0 Å². The predicted octanol–water partition coefficient (Wildman–Crippen LogP) is 4.04. The highest BCUT2D eigenvalue weighted by Gasteiger charge is 2.40. The highest BCUT2D eigenvalue weighted by atomic mass is 19.1. The molecule has 0 aromatic heterocycles. The first-order valence-electron chi connectivity index (χ1n) is 8.52. The third-order valence-electron chi connectivity index (χ3n) is 4.52. The Morgan fingerprint density at radius 3 is 2.31 bits per heavy atom. The monoisotopic (exact) mass is 352 g/mol. The van der Waals surface area contributed by atoms with Crippen molar-refractivity contribution in [3.8, 4) is 0 Å². The number of amides is 2. The Bertz CT molecular complexity index is 931. The molecule has 5 heteroatoms. The van der Waals surface area contributed by atoms with Crippen LogP contribution in [0.1, 0.15) is 30.5 Å². The van der Waals surface area contributed by atoms with Crippen LogP contribution in [-0.2, 0) is 9.59 Å². The summed E-state index contributed by atoms with van der Waals surface area (Å²) in [4.78, 5) is 27.1. The highest BCUT2D eigenvalue weighted by Crippen LogP contribution is 2.32. The number of benzene rings is 2. The third kappa shape index (κ3) is 3.12. The average molecular weight is 352 g/mol. The lowest BCUT2D eigenvalue weighted by molar-refractivity contribution is -0.138. The van der Waals surface area contributed by atoms with E-state index < -0.39 is 11.7 Å². The number of hydrogen-bond acceptors (Lipinski definition) is 3. The number of rotatable bonds is 4. The minimum absolute atomic E-state index is 0.178. The maximum Gasteiger partial charge on any atom is 0.278 e. The number of anilines is 1. The molecule has 0 spiro atoms. The van der Waals surface area contributed by atoms with E-state index in [0.717, 1.165) is 11.1 Å². The zero-order valence-electron chi connectivity index (χ0n) is 15.3. The Hall–Kier alpha value is -2.95. The van der Waals surface area contributed by atoms with Gasteiger partial charge < -0.3 is 5.32 Å². The molecule has 4 nitrogen and oxygen atoms in total.